The van der Waals surface area contributed by atoms with Gasteiger partial charge in [-0.05, 0) is 44.9 Å². The molecule has 0 radical (unpaired) electrons. The van der Waals surface area contributed by atoms with Crippen molar-refractivity contribution in [3.8, 4) is 0 Å². The molecule has 92 valence electrons. The SMILES string of the molecule is Cc1ccc(C(CN)NCCCCCO)s1. The maximum Gasteiger partial charge on any atom is 0.0539 e. The van der Waals surface area contributed by atoms with Crippen LogP contribution >= 0.6 is 11.3 Å². The molecule has 16 heavy (non-hydrogen) atoms. The molecule has 0 fully saturated rings. The first-order valence-electron chi connectivity index (χ1n) is 5.88. The molecule has 1 unspecified atom stereocenters. The number of aliphatic hydroxyl groups excluding tert-OH is 1. The lowest BCUT2D eigenvalue weighted by Gasteiger charge is -2.15. The third kappa shape index (κ3) is 4.61. The van der Waals surface area contributed by atoms with E-state index in [2.05, 4.69) is 24.4 Å². The molecule has 0 aliphatic carbocycles. The van der Waals surface area contributed by atoms with Crippen molar-refractivity contribution in [2.24, 2.45) is 5.73 Å². The zero-order valence-corrected chi connectivity index (χ0v) is 10.7. The Morgan fingerprint density at radius 1 is 1.38 bits per heavy atom. The zero-order valence-electron chi connectivity index (χ0n) is 9.91. The Balaban J connectivity index is 2.27. The van der Waals surface area contributed by atoms with Gasteiger partial charge in [-0.25, -0.2) is 0 Å². The number of hydrogen-bond donors (Lipinski definition) is 3. The molecule has 0 aromatic carbocycles. The van der Waals surface area contributed by atoms with Crippen molar-refractivity contribution in [3.05, 3.63) is 21.9 Å². The van der Waals surface area contributed by atoms with Gasteiger partial charge in [0.1, 0.15) is 0 Å². The summed E-state index contributed by atoms with van der Waals surface area (Å²) in [5, 5.41) is 12.1. The molecule has 0 spiro atoms. The normalized spacial score (nSPS) is 12.9. The second-order valence-electron chi connectivity index (χ2n) is 3.98. The third-order valence-electron chi connectivity index (χ3n) is 2.57. The lowest BCUT2D eigenvalue weighted by Crippen LogP contribution is -2.28. The Kier molecular flexibility index (Phi) is 6.64. The summed E-state index contributed by atoms with van der Waals surface area (Å²) >= 11 is 1.81. The highest BCUT2D eigenvalue weighted by Crippen LogP contribution is 2.21. The fourth-order valence-electron chi connectivity index (χ4n) is 1.63. The molecule has 1 heterocycles. The molecule has 3 nitrogen and oxygen atoms in total. The van der Waals surface area contributed by atoms with Gasteiger partial charge >= 0.3 is 0 Å². The molecule has 0 saturated heterocycles. The first-order valence-corrected chi connectivity index (χ1v) is 6.70. The molecule has 0 aliphatic heterocycles. The van der Waals surface area contributed by atoms with Crippen LogP contribution in [-0.2, 0) is 0 Å². The van der Waals surface area contributed by atoms with Crippen molar-refractivity contribution < 1.29 is 5.11 Å². The molecule has 1 aromatic rings. The second kappa shape index (κ2) is 7.79. The molecule has 0 aliphatic rings. The Morgan fingerprint density at radius 2 is 2.19 bits per heavy atom. The molecule has 1 aromatic heterocycles. The number of rotatable bonds is 8. The van der Waals surface area contributed by atoms with E-state index in [4.69, 9.17) is 10.8 Å². The van der Waals surface area contributed by atoms with Gasteiger partial charge in [0, 0.05) is 22.9 Å². The van der Waals surface area contributed by atoms with Gasteiger partial charge in [-0.3, -0.25) is 0 Å². The largest absolute Gasteiger partial charge is 0.396 e. The van der Waals surface area contributed by atoms with Crippen LogP contribution in [0.2, 0.25) is 0 Å². The smallest absolute Gasteiger partial charge is 0.0539 e. The topological polar surface area (TPSA) is 58.3 Å². The average molecular weight is 242 g/mol. The summed E-state index contributed by atoms with van der Waals surface area (Å²) in [6, 6.07) is 4.57. The fraction of sp³-hybridized carbons (Fsp3) is 0.667. The van der Waals surface area contributed by atoms with Crippen LogP contribution in [0.5, 0.6) is 0 Å². The van der Waals surface area contributed by atoms with Gasteiger partial charge in [0.2, 0.25) is 0 Å². The van der Waals surface area contributed by atoms with Crippen LogP contribution in [-0.4, -0.2) is 24.8 Å². The highest BCUT2D eigenvalue weighted by Gasteiger charge is 2.09. The van der Waals surface area contributed by atoms with Crippen molar-refractivity contribution >= 4 is 11.3 Å². The van der Waals surface area contributed by atoms with Gasteiger partial charge in [-0.1, -0.05) is 0 Å². The summed E-state index contributed by atoms with van der Waals surface area (Å²) in [6.45, 7) is 4.02. The van der Waals surface area contributed by atoms with E-state index in [1.165, 1.54) is 9.75 Å². The monoisotopic (exact) mass is 242 g/mol. The summed E-state index contributed by atoms with van der Waals surface area (Å²) in [6.07, 6.45) is 3.07. The van der Waals surface area contributed by atoms with Crippen molar-refractivity contribution in [1.82, 2.24) is 5.32 Å². The van der Waals surface area contributed by atoms with Crippen LogP contribution in [0.15, 0.2) is 12.1 Å². The number of aliphatic hydroxyl groups is 1. The minimum atomic E-state index is 0.285. The first kappa shape index (κ1) is 13.6. The predicted molar refractivity (Wildman–Crippen MR) is 69.8 cm³/mol. The summed E-state index contributed by atoms with van der Waals surface area (Å²) in [5.41, 5.74) is 5.76. The number of aryl methyl sites for hydroxylation is 1. The van der Waals surface area contributed by atoms with Gasteiger partial charge in [0.05, 0.1) is 6.04 Å². The van der Waals surface area contributed by atoms with Crippen LogP contribution in [0.3, 0.4) is 0 Å². The quantitative estimate of drug-likeness (QED) is 0.609. The van der Waals surface area contributed by atoms with E-state index in [9.17, 15) is 0 Å². The molecule has 0 bridgehead atoms. The number of hydrogen-bond acceptors (Lipinski definition) is 4. The van der Waals surface area contributed by atoms with Gasteiger partial charge in [-0.2, -0.15) is 0 Å². The highest BCUT2D eigenvalue weighted by molar-refractivity contribution is 7.12. The standard InChI is InChI=1S/C12H22N2OS/c1-10-5-6-12(16-10)11(9-13)14-7-3-2-4-8-15/h5-6,11,14-15H,2-4,7-9,13H2,1H3. The van der Waals surface area contributed by atoms with E-state index >= 15 is 0 Å². The molecule has 4 N–H and O–H groups in total. The molecule has 0 saturated carbocycles. The Morgan fingerprint density at radius 3 is 2.75 bits per heavy atom. The summed E-state index contributed by atoms with van der Waals surface area (Å²) in [5.74, 6) is 0. The minimum Gasteiger partial charge on any atom is -0.396 e. The van der Waals surface area contributed by atoms with Crippen LogP contribution < -0.4 is 11.1 Å². The van der Waals surface area contributed by atoms with E-state index in [0.29, 0.717) is 13.2 Å². The lowest BCUT2D eigenvalue weighted by atomic mass is 10.2. The van der Waals surface area contributed by atoms with Gasteiger partial charge < -0.3 is 16.2 Å². The number of unbranched alkanes of at least 4 members (excludes halogenated alkanes) is 2. The van der Waals surface area contributed by atoms with Crippen LogP contribution in [0.4, 0.5) is 0 Å². The average Bonchev–Trinajstić information content (AvgIpc) is 2.70. The van der Waals surface area contributed by atoms with E-state index in [1.807, 2.05) is 0 Å². The fourth-order valence-corrected chi connectivity index (χ4v) is 2.60. The number of thiophene rings is 1. The van der Waals surface area contributed by atoms with Gasteiger partial charge in [-0.15, -0.1) is 11.3 Å². The second-order valence-corrected chi connectivity index (χ2v) is 5.29. The molecular weight excluding hydrogens is 220 g/mol. The van der Waals surface area contributed by atoms with Crippen molar-refractivity contribution in [2.75, 3.05) is 19.7 Å². The van der Waals surface area contributed by atoms with E-state index < -0.39 is 0 Å². The molecule has 1 atom stereocenters. The molecular formula is C12H22N2OS. The van der Waals surface area contributed by atoms with Crippen molar-refractivity contribution in [1.29, 1.82) is 0 Å². The van der Waals surface area contributed by atoms with Crippen LogP contribution in [0, 0.1) is 6.92 Å². The summed E-state index contributed by atoms with van der Waals surface area (Å²) in [4.78, 5) is 2.65. The van der Waals surface area contributed by atoms with Gasteiger partial charge in [0.25, 0.3) is 0 Å². The van der Waals surface area contributed by atoms with Crippen LogP contribution in [0.25, 0.3) is 0 Å². The zero-order chi connectivity index (χ0) is 11.8. The van der Waals surface area contributed by atoms with Crippen molar-refractivity contribution in [2.45, 2.75) is 32.2 Å². The summed E-state index contributed by atoms with van der Waals surface area (Å²) in [7, 11) is 0. The maximum absolute atomic E-state index is 8.66. The number of nitrogens with one attached hydrogen (secondary N) is 1. The Labute approximate surface area is 102 Å². The molecule has 0 amide bonds. The lowest BCUT2D eigenvalue weighted by molar-refractivity contribution is 0.282. The van der Waals surface area contributed by atoms with Gasteiger partial charge in [0.15, 0.2) is 0 Å². The molecule has 4 heteroatoms. The Bertz CT molecular complexity index is 288. The predicted octanol–water partition coefficient (Wildman–Crippen LogP) is 1.81. The third-order valence-corrected chi connectivity index (χ3v) is 3.68. The highest BCUT2D eigenvalue weighted by atomic mass is 32.1. The summed E-state index contributed by atoms with van der Waals surface area (Å²) < 4.78 is 0. The van der Waals surface area contributed by atoms with E-state index in [0.717, 1.165) is 25.8 Å². The minimum absolute atomic E-state index is 0.285. The van der Waals surface area contributed by atoms with Crippen molar-refractivity contribution in [3.63, 3.8) is 0 Å². The number of nitrogens with two attached hydrogens (primary N) is 1. The Hall–Kier alpha value is -0.420. The van der Waals surface area contributed by atoms with E-state index in [-0.39, 0.29) is 6.04 Å². The van der Waals surface area contributed by atoms with E-state index in [1.54, 1.807) is 11.3 Å². The van der Waals surface area contributed by atoms with Crippen LogP contribution in [0.1, 0.15) is 35.1 Å². The molecule has 1 rings (SSSR count). The first-order chi connectivity index (χ1) is 7.77. The maximum atomic E-state index is 8.66.